The first-order valence-electron chi connectivity index (χ1n) is 8.31. The molecule has 3 aromatic rings. The van der Waals surface area contributed by atoms with Crippen LogP contribution in [0.1, 0.15) is 11.1 Å². The average molecular weight is 422 g/mol. The zero-order valence-electron chi connectivity index (χ0n) is 14.8. The van der Waals surface area contributed by atoms with Gasteiger partial charge >= 0.3 is 12.2 Å². The van der Waals surface area contributed by atoms with Gasteiger partial charge in [0.25, 0.3) is 0 Å². The highest BCUT2D eigenvalue weighted by atomic mass is 35.5. The van der Waals surface area contributed by atoms with Gasteiger partial charge in [-0.3, -0.25) is 0 Å². The standard InChI is InChI=1S/C19H15ClF3N5O/c20-16-5-4-14(7-15(16)19(21,22)23)28-18(29)27-8-11-2-1-3-12(6-11)13-9-25-17(24)26-10-13/h1-7,9-10H,8H2,(H2,24,25,26)(H2,27,28,29). The van der Waals surface area contributed by atoms with Crippen molar-refractivity contribution < 1.29 is 18.0 Å². The van der Waals surface area contributed by atoms with Crippen molar-refractivity contribution >= 4 is 29.3 Å². The number of urea groups is 1. The summed E-state index contributed by atoms with van der Waals surface area (Å²) in [5.74, 6) is 0.166. The van der Waals surface area contributed by atoms with Crippen LogP contribution in [0, 0.1) is 0 Å². The van der Waals surface area contributed by atoms with Gasteiger partial charge in [0, 0.05) is 30.2 Å². The topological polar surface area (TPSA) is 92.9 Å². The normalized spacial score (nSPS) is 11.2. The first kappa shape index (κ1) is 20.4. The number of carbonyl (C=O) groups excluding carboxylic acids is 1. The third kappa shape index (κ3) is 5.35. The van der Waals surface area contributed by atoms with Crippen LogP contribution in [-0.2, 0) is 12.7 Å². The minimum Gasteiger partial charge on any atom is -0.368 e. The number of nitrogens with zero attached hydrogens (tertiary/aromatic N) is 2. The smallest absolute Gasteiger partial charge is 0.368 e. The molecular weight excluding hydrogens is 407 g/mol. The van der Waals surface area contributed by atoms with E-state index in [-0.39, 0.29) is 18.2 Å². The number of nitrogen functional groups attached to an aromatic ring is 1. The van der Waals surface area contributed by atoms with Crippen LogP contribution in [0.5, 0.6) is 0 Å². The SMILES string of the molecule is Nc1ncc(-c2cccc(CNC(=O)Nc3ccc(Cl)c(C(F)(F)F)c3)c2)cn1. The molecule has 0 spiro atoms. The van der Waals surface area contributed by atoms with Crippen molar-refractivity contribution in [2.24, 2.45) is 0 Å². The third-order valence-corrected chi connectivity index (χ3v) is 4.24. The second-order valence-electron chi connectivity index (χ2n) is 6.03. The Morgan fingerprint density at radius 1 is 1.07 bits per heavy atom. The number of amides is 2. The Balaban J connectivity index is 1.64. The molecule has 1 heterocycles. The van der Waals surface area contributed by atoms with Gasteiger partial charge in [-0.2, -0.15) is 13.2 Å². The Hall–Kier alpha value is -3.33. The number of rotatable bonds is 4. The molecule has 3 rings (SSSR count). The molecule has 0 unspecified atom stereocenters. The highest BCUT2D eigenvalue weighted by molar-refractivity contribution is 6.31. The fourth-order valence-electron chi connectivity index (χ4n) is 2.53. The van der Waals surface area contributed by atoms with E-state index < -0.39 is 22.8 Å². The number of nitrogens with one attached hydrogen (secondary N) is 2. The van der Waals surface area contributed by atoms with Gasteiger partial charge in [-0.25, -0.2) is 14.8 Å². The summed E-state index contributed by atoms with van der Waals surface area (Å²) in [6.45, 7) is 0.162. The van der Waals surface area contributed by atoms with Crippen LogP contribution in [0.4, 0.5) is 29.6 Å². The van der Waals surface area contributed by atoms with E-state index in [0.717, 1.165) is 28.8 Å². The van der Waals surface area contributed by atoms with Gasteiger partial charge in [0.1, 0.15) is 0 Å². The maximum atomic E-state index is 12.9. The molecule has 0 aliphatic carbocycles. The van der Waals surface area contributed by atoms with Crippen molar-refractivity contribution in [1.29, 1.82) is 0 Å². The van der Waals surface area contributed by atoms with Gasteiger partial charge in [0.2, 0.25) is 5.95 Å². The number of aromatic nitrogens is 2. The van der Waals surface area contributed by atoms with Crippen LogP contribution in [0.2, 0.25) is 5.02 Å². The summed E-state index contributed by atoms with van der Waals surface area (Å²) >= 11 is 5.57. The van der Waals surface area contributed by atoms with E-state index in [1.165, 1.54) is 6.07 Å². The summed E-state index contributed by atoms with van der Waals surface area (Å²) in [5.41, 5.74) is 6.80. The van der Waals surface area contributed by atoms with Gasteiger partial charge in [0.15, 0.2) is 0 Å². The maximum absolute atomic E-state index is 12.9. The summed E-state index contributed by atoms with van der Waals surface area (Å²) in [4.78, 5) is 19.9. The summed E-state index contributed by atoms with van der Waals surface area (Å²) < 4.78 is 38.7. The molecular formula is C19H15ClF3N5O. The van der Waals surface area contributed by atoms with Gasteiger partial charge < -0.3 is 16.4 Å². The molecule has 0 saturated carbocycles. The first-order chi connectivity index (χ1) is 13.7. The lowest BCUT2D eigenvalue weighted by Crippen LogP contribution is -2.28. The van der Waals surface area contributed by atoms with Crippen molar-refractivity contribution in [3.63, 3.8) is 0 Å². The van der Waals surface area contributed by atoms with Crippen LogP contribution in [0.25, 0.3) is 11.1 Å². The van der Waals surface area contributed by atoms with Crippen LogP contribution in [-0.4, -0.2) is 16.0 Å². The lowest BCUT2D eigenvalue weighted by Gasteiger charge is -2.12. The number of alkyl halides is 3. The fourth-order valence-corrected chi connectivity index (χ4v) is 2.75. The molecule has 6 nitrogen and oxygen atoms in total. The van der Waals surface area contributed by atoms with Crippen LogP contribution >= 0.6 is 11.6 Å². The molecule has 150 valence electrons. The number of hydrogen-bond donors (Lipinski definition) is 3. The van der Waals surface area contributed by atoms with Gasteiger partial charge in [0.05, 0.1) is 10.6 Å². The van der Waals surface area contributed by atoms with Crippen molar-refractivity contribution in [3.8, 4) is 11.1 Å². The van der Waals surface area contributed by atoms with Crippen LogP contribution < -0.4 is 16.4 Å². The summed E-state index contributed by atoms with van der Waals surface area (Å²) in [7, 11) is 0. The minimum atomic E-state index is -4.61. The van der Waals surface area contributed by atoms with Gasteiger partial charge in [-0.05, 0) is 35.4 Å². The molecule has 0 saturated heterocycles. The molecule has 29 heavy (non-hydrogen) atoms. The molecule has 0 aliphatic rings. The van der Waals surface area contributed by atoms with E-state index in [2.05, 4.69) is 20.6 Å². The Labute approximate surface area is 168 Å². The number of carbonyl (C=O) groups is 1. The van der Waals surface area contributed by atoms with E-state index in [1.807, 2.05) is 12.1 Å². The molecule has 4 N–H and O–H groups in total. The fraction of sp³-hybridized carbons (Fsp3) is 0.105. The number of halogens is 4. The molecule has 0 aliphatic heterocycles. The third-order valence-electron chi connectivity index (χ3n) is 3.91. The lowest BCUT2D eigenvalue weighted by molar-refractivity contribution is -0.137. The summed E-state index contributed by atoms with van der Waals surface area (Å²) in [5, 5.41) is 4.52. The molecule has 0 bridgehead atoms. The zero-order chi connectivity index (χ0) is 21.0. The Kier molecular flexibility index (Phi) is 5.88. The summed E-state index contributed by atoms with van der Waals surface area (Å²) in [6.07, 6.45) is -1.45. The number of hydrogen-bond acceptors (Lipinski definition) is 4. The number of nitrogens with two attached hydrogens (primary N) is 1. The van der Waals surface area contributed by atoms with Crippen LogP contribution in [0.3, 0.4) is 0 Å². The van der Waals surface area contributed by atoms with Crippen molar-refractivity contribution in [3.05, 3.63) is 71.0 Å². The van der Waals surface area contributed by atoms with Crippen molar-refractivity contribution in [1.82, 2.24) is 15.3 Å². The molecule has 10 heteroatoms. The highest BCUT2D eigenvalue weighted by Crippen LogP contribution is 2.36. The first-order valence-corrected chi connectivity index (χ1v) is 8.68. The van der Waals surface area contributed by atoms with E-state index >= 15 is 0 Å². The quantitative estimate of drug-likeness (QED) is 0.568. The van der Waals surface area contributed by atoms with E-state index in [9.17, 15) is 18.0 Å². The van der Waals surface area contributed by atoms with Gasteiger partial charge in [-0.1, -0.05) is 29.8 Å². The molecule has 2 aromatic carbocycles. The average Bonchev–Trinajstić information content (AvgIpc) is 2.68. The van der Waals surface area contributed by atoms with E-state index in [4.69, 9.17) is 17.3 Å². The second kappa shape index (κ2) is 8.36. The highest BCUT2D eigenvalue weighted by Gasteiger charge is 2.33. The Bertz CT molecular complexity index is 1030. The monoisotopic (exact) mass is 421 g/mol. The Morgan fingerprint density at radius 2 is 1.79 bits per heavy atom. The summed E-state index contributed by atoms with van der Waals surface area (Å²) in [6, 6.07) is 9.79. The predicted octanol–water partition coefficient (Wildman–Crippen LogP) is 4.72. The van der Waals surface area contributed by atoms with Crippen LogP contribution in [0.15, 0.2) is 54.9 Å². The minimum absolute atomic E-state index is 0.0213. The molecule has 0 fully saturated rings. The lowest BCUT2D eigenvalue weighted by atomic mass is 10.1. The van der Waals surface area contributed by atoms with Crippen molar-refractivity contribution in [2.75, 3.05) is 11.1 Å². The largest absolute Gasteiger partial charge is 0.417 e. The van der Waals surface area contributed by atoms with E-state index in [0.29, 0.717) is 0 Å². The predicted molar refractivity (Wildman–Crippen MR) is 104 cm³/mol. The zero-order valence-corrected chi connectivity index (χ0v) is 15.6. The molecule has 0 atom stereocenters. The Morgan fingerprint density at radius 3 is 2.48 bits per heavy atom. The molecule has 2 amide bonds. The number of benzene rings is 2. The second-order valence-corrected chi connectivity index (χ2v) is 6.44. The number of anilines is 2. The van der Waals surface area contributed by atoms with E-state index in [1.54, 1.807) is 24.5 Å². The molecule has 1 aromatic heterocycles. The van der Waals surface area contributed by atoms with Gasteiger partial charge in [-0.15, -0.1) is 0 Å². The maximum Gasteiger partial charge on any atom is 0.417 e. The van der Waals surface area contributed by atoms with Crippen molar-refractivity contribution in [2.45, 2.75) is 12.7 Å². The molecule has 0 radical (unpaired) electrons.